The number of hydrogen-bond donors (Lipinski definition) is 5. The number of carbonyl (C=O) groups excluding carboxylic acids is 1. The van der Waals surface area contributed by atoms with E-state index in [2.05, 4.69) is 0 Å². The third-order valence-electron chi connectivity index (χ3n) is 2.94. The van der Waals surface area contributed by atoms with Crippen LogP contribution < -0.4 is 0 Å². The highest BCUT2D eigenvalue weighted by molar-refractivity contribution is 5.69. The van der Waals surface area contributed by atoms with Gasteiger partial charge in [-0.3, -0.25) is 4.79 Å². The molecule has 19 heavy (non-hydrogen) atoms. The van der Waals surface area contributed by atoms with Crippen LogP contribution in [0.25, 0.3) is 0 Å². The molecule has 112 valence electrons. The number of aliphatic hydroxyl groups is 5. The molecule has 0 aromatic heterocycles. The maximum Gasteiger partial charge on any atom is 0.308 e. The molecule has 0 aromatic rings. The summed E-state index contributed by atoms with van der Waals surface area (Å²) in [4.78, 5) is 11.4. The molecule has 0 amide bonds. The van der Waals surface area contributed by atoms with E-state index in [1.54, 1.807) is 0 Å². The van der Waals surface area contributed by atoms with Crippen LogP contribution in [0.4, 0.5) is 0 Å². The molecular weight excluding hydrogens is 260 g/mol. The van der Waals surface area contributed by atoms with Crippen molar-refractivity contribution in [2.75, 3.05) is 6.61 Å². The zero-order valence-corrected chi connectivity index (χ0v) is 10.6. The highest BCUT2D eigenvalue weighted by Crippen LogP contribution is 2.28. The van der Waals surface area contributed by atoms with Crippen LogP contribution in [0.1, 0.15) is 26.2 Å². The first-order valence-corrected chi connectivity index (χ1v) is 6.10. The van der Waals surface area contributed by atoms with Gasteiger partial charge in [0.25, 0.3) is 0 Å². The van der Waals surface area contributed by atoms with Crippen LogP contribution in [0.3, 0.4) is 0 Å². The molecule has 1 fully saturated rings. The SMILES string of the molecule is CCCCC(=O)OC1O[C@@](O)(CO)[C@@H](O)[C@H](O)[C@@H]1O. The van der Waals surface area contributed by atoms with Gasteiger partial charge < -0.3 is 35.0 Å². The second-order valence-electron chi connectivity index (χ2n) is 4.51. The van der Waals surface area contributed by atoms with Crippen LogP contribution in [-0.4, -0.2) is 68.5 Å². The minimum atomic E-state index is -2.49. The number of hydrogen-bond acceptors (Lipinski definition) is 8. The molecule has 1 rings (SSSR count). The molecule has 0 saturated carbocycles. The van der Waals surface area contributed by atoms with E-state index >= 15 is 0 Å². The van der Waals surface area contributed by atoms with Crippen molar-refractivity contribution in [3.05, 3.63) is 0 Å². The molecule has 0 radical (unpaired) electrons. The Bertz CT molecular complexity index is 309. The Morgan fingerprint density at radius 3 is 2.47 bits per heavy atom. The largest absolute Gasteiger partial charge is 0.433 e. The van der Waals surface area contributed by atoms with Gasteiger partial charge in [-0.2, -0.15) is 0 Å². The summed E-state index contributed by atoms with van der Waals surface area (Å²) in [5, 5.41) is 47.3. The van der Waals surface area contributed by atoms with E-state index in [9.17, 15) is 25.2 Å². The molecule has 0 bridgehead atoms. The fraction of sp³-hybridized carbons (Fsp3) is 0.909. The van der Waals surface area contributed by atoms with Gasteiger partial charge in [-0.25, -0.2) is 0 Å². The third-order valence-corrected chi connectivity index (χ3v) is 2.94. The average molecular weight is 280 g/mol. The summed E-state index contributed by atoms with van der Waals surface area (Å²) in [6.07, 6.45) is -5.65. The average Bonchev–Trinajstić information content (AvgIpc) is 2.40. The van der Waals surface area contributed by atoms with E-state index in [4.69, 9.17) is 14.6 Å². The summed E-state index contributed by atoms with van der Waals surface area (Å²) < 4.78 is 9.54. The van der Waals surface area contributed by atoms with Crippen LogP contribution in [0.5, 0.6) is 0 Å². The van der Waals surface area contributed by atoms with E-state index in [1.807, 2.05) is 6.92 Å². The molecule has 1 saturated heterocycles. The lowest BCUT2D eigenvalue weighted by molar-refractivity contribution is -0.390. The topological polar surface area (TPSA) is 137 Å². The first-order valence-electron chi connectivity index (χ1n) is 6.10. The lowest BCUT2D eigenvalue weighted by Crippen LogP contribution is -2.66. The Kier molecular flexibility index (Phi) is 5.65. The fourth-order valence-electron chi connectivity index (χ4n) is 1.69. The van der Waals surface area contributed by atoms with Gasteiger partial charge in [0.15, 0.2) is 0 Å². The Labute approximate surface area is 110 Å². The molecule has 8 heteroatoms. The lowest BCUT2D eigenvalue weighted by atomic mass is 9.96. The molecule has 0 aliphatic carbocycles. The van der Waals surface area contributed by atoms with Crippen molar-refractivity contribution < 1.29 is 39.8 Å². The predicted octanol–water partition coefficient (Wildman–Crippen LogP) is -2.16. The van der Waals surface area contributed by atoms with Crippen molar-refractivity contribution in [1.29, 1.82) is 0 Å². The summed E-state index contributed by atoms with van der Waals surface area (Å²) in [5.41, 5.74) is 0. The molecule has 0 aromatic carbocycles. The summed E-state index contributed by atoms with van der Waals surface area (Å²) in [6, 6.07) is 0. The number of unbranched alkanes of at least 4 members (excludes halogenated alkanes) is 1. The van der Waals surface area contributed by atoms with Gasteiger partial charge in [-0.05, 0) is 6.42 Å². The van der Waals surface area contributed by atoms with E-state index in [1.165, 1.54) is 0 Å². The maximum atomic E-state index is 11.4. The lowest BCUT2D eigenvalue weighted by Gasteiger charge is -2.43. The van der Waals surface area contributed by atoms with Gasteiger partial charge >= 0.3 is 5.97 Å². The molecule has 0 spiro atoms. The second-order valence-corrected chi connectivity index (χ2v) is 4.51. The molecule has 1 aliphatic heterocycles. The Balaban J connectivity index is 2.69. The van der Waals surface area contributed by atoms with Gasteiger partial charge in [-0.15, -0.1) is 0 Å². The van der Waals surface area contributed by atoms with E-state index in [0.29, 0.717) is 6.42 Å². The fourth-order valence-corrected chi connectivity index (χ4v) is 1.69. The first-order chi connectivity index (χ1) is 8.85. The Hall–Kier alpha value is -0.770. The number of ether oxygens (including phenoxy) is 2. The zero-order chi connectivity index (χ0) is 14.6. The van der Waals surface area contributed by atoms with Gasteiger partial charge in [-0.1, -0.05) is 13.3 Å². The highest BCUT2D eigenvalue weighted by atomic mass is 16.8. The van der Waals surface area contributed by atoms with E-state index < -0.39 is 43.0 Å². The van der Waals surface area contributed by atoms with Crippen LogP contribution in [0, 0.1) is 0 Å². The maximum absolute atomic E-state index is 11.4. The molecular formula is C11H20O8. The highest BCUT2D eigenvalue weighted by Gasteiger charge is 2.53. The monoisotopic (exact) mass is 280 g/mol. The van der Waals surface area contributed by atoms with E-state index in [0.717, 1.165) is 6.42 Å². The predicted molar refractivity (Wildman–Crippen MR) is 60.5 cm³/mol. The molecule has 5 atom stereocenters. The molecule has 1 unspecified atom stereocenters. The summed E-state index contributed by atoms with van der Waals surface area (Å²) in [6.45, 7) is 0.852. The van der Waals surface area contributed by atoms with Crippen LogP contribution in [0.15, 0.2) is 0 Å². The van der Waals surface area contributed by atoms with Crippen LogP contribution in [0.2, 0.25) is 0 Å². The Morgan fingerprint density at radius 1 is 1.32 bits per heavy atom. The molecule has 1 heterocycles. The normalized spacial score (nSPS) is 39.1. The van der Waals surface area contributed by atoms with Crippen molar-refractivity contribution >= 4 is 5.97 Å². The quantitative estimate of drug-likeness (QED) is 0.359. The van der Waals surface area contributed by atoms with Crippen molar-refractivity contribution in [2.24, 2.45) is 0 Å². The van der Waals surface area contributed by atoms with Crippen molar-refractivity contribution in [3.8, 4) is 0 Å². The number of esters is 1. The number of rotatable bonds is 5. The smallest absolute Gasteiger partial charge is 0.308 e. The molecule has 8 nitrogen and oxygen atoms in total. The summed E-state index contributed by atoms with van der Waals surface area (Å²) in [7, 11) is 0. The van der Waals surface area contributed by atoms with Gasteiger partial charge in [0.2, 0.25) is 12.1 Å². The van der Waals surface area contributed by atoms with Crippen LogP contribution >= 0.6 is 0 Å². The Morgan fingerprint density at radius 2 is 1.95 bits per heavy atom. The van der Waals surface area contributed by atoms with Crippen molar-refractivity contribution in [1.82, 2.24) is 0 Å². The second kappa shape index (κ2) is 6.60. The van der Waals surface area contributed by atoms with Crippen LogP contribution in [-0.2, 0) is 14.3 Å². The van der Waals surface area contributed by atoms with Crippen molar-refractivity contribution in [2.45, 2.75) is 56.6 Å². The molecule has 1 aliphatic rings. The third kappa shape index (κ3) is 3.62. The van der Waals surface area contributed by atoms with Gasteiger partial charge in [0.05, 0.1) is 6.61 Å². The first kappa shape index (κ1) is 16.3. The molecule has 5 N–H and O–H groups in total. The summed E-state index contributed by atoms with van der Waals surface area (Å²) >= 11 is 0. The van der Waals surface area contributed by atoms with Gasteiger partial charge in [0, 0.05) is 6.42 Å². The zero-order valence-electron chi connectivity index (χ0n) is 10.6. The van der Waals surface area contributed by atoms with E-state index in [-0.39, 0.29) is 6.42 Å². The minimum Gasteiger partial charge on any atom is -0.433 e. The van der Waals surface area contributed by atoms with Gasteiger partial charge in [0.1, 0.15) is 18.3 Å². The number of aliphatic hydroxyl groups excluding tert-OH is 4. The van der Waals surface area contributed by atoms with Crippen molar-refractivity contribution in [3.63, 3.8) is 0 Å². The minimum absolute atomic E-state index is 0.0965. The summed E-state index contributed by atoms with van der Waals surface area (Å²) in [5.74, 6) is -3.16. The number of carbonyl (C=O) groups is 1. The standard InChI is InChI=1S/C11H20O8/c1-2-3-4-6(13)18-10-8(15)7(14)9(16)11(17,5-12)19-10/h7-10,12,14-17H,2-5H2,1H3/t7-,8+,9+,10?,11+/m1/s1.